The van der Waals surface area contributed by atoms with Gasteiger partial charge < -0.3 is 14.6 Å². The summed E-state index contributed by atoms with van der Waals surface area (Å²) < 4.78 is 10.3. The van der Waals surface area contributed by atoms with E-state index >= 15 is 0 Å². The van der Waals surface area contributed by atoms with Gasteiger partial charge >= 0.3 is 0 Å². The molecule has 0 fully saturated rings. The van der Waals surface area contributed by atoms with Crippen molar-refractivity contribution in [3.05, 3.63) is 17.7 Å². The van der Waals surface area contributed by atoms with Gasteiger partial charge in [-0.3, -0.25) is 4.79 Å². The summed E-state index contributed by atoms with van der Waals surface area (Å²) in [6.45, 7) is 3.34. The Bertz CT molecular complexity index is 434. The Labute approximate surface area is 87.4 Å². The summed E-state index contributed by atoms with van der Waals surface area (Å²) in [5.41, 5.74) is -0.509. The fraction of sp³-hybridized carbons (Fsp3) is 0.364. The van der Waals surface area contributed by atoms with Gasteiger partial charge in [-0.1, -0.05) is 0 Å². The van der Waals surface area contributed by atoms with E-state index in [0.717, 1.165) is 0 Å². The van der Waals surface area contributed by atoms with E-state index in [2.05, 4.69) is 0 Å². The van der Waals surface area contributed by atoms with E-state index in [4.69, 9.17) is 9.47 Å². The summed E-state index contributed by atoms with van der Waals surface area (Å²) in [4.78, 5) is 11.8. The van der Waals surface area contributed by atoms with Crippen LogP contribution < -0.4 is 9.47 Å². The number of hydrogen-bond donors (Lipinski definition) is 1. The van der Waals surface area contributed by atoms with E-state index in [1.54, 1.807) is 26.0 Å². The molecular formula is C11H12O4. The lowest BCUT2D eigenvalue weighted by molar-refractivity contribution is 0.0678. The monoisotopic (exact) mass is 208 g/mol. The molecule has 1 heterocycles. The molecule has 0 saturated carbocycles. The van der Waals surface area contributed by atoms with Gasteiger partial charge in [0.1, 0.15) is 0 Å². The van der Waals surface area contributed by atoms with Crippen molar-refractivity contribution in [2.75, 3.05) is 7.11 Å². The number of carbonyl (C=O) groups is 1. The van der Waals surface area contributed by atoms with Crippen LogP contribution in [0.25, 0.3) is 0 Å². The van der Waals surface area contributed by atoms with Crippen molar-refractivity contribution in [1.82, 2.24) is 0 Å². The van der Waals surface area contributed by atoms with Crippen LogP contribution in [0.1, 0.15) is 24.2 Å². The molecule has 0 aromatic heterocycles. The lowest BCUT2D eigenvalue weighted by Crippen LogP contribution is -2.31. The highest BCUT2D eigenvalue weighted by molar-refractivity contribution is 6.08. The first-order chi connectivity index (χ1) is 6.97. The lowest BCUT2D eigenvalue weighted by atomic mass is 10.00. The van der Waals surface area contributed by atoms with Crippen molar-refractivity contribution >= 4 is 5.78 Å². The van der Waals surface area contributed by atoms with Crippen LogP contribution in [0.4, 0.5) is 0 Å². The van der Waals surface area contributed by atoms with E-state index in [-0.39, 0.29) is 17.3 Å². The molecule has 4 nitrogen and oxygen atoms in total. The first kappa shape index (κ1) is 9.83. The molecule has 0 saturated heterocycles. The highest BCUT2D eigenvalue weighted by atomic mass is 16.5. The maximum atomic E-state index is 11.8. The predicted molar refractivity (Wildman–Crippen MR) is 53.7 cm³/mol. The number of hydrogen-bond acceptors (Lipinski definition) is 4. The number of fused-ring (bicyclic) bond motifs is 1. The molecule has 1 aromatic carbocycles. The van der Waals surface area contributed by atoms with Crippen molar-refractivity contribution in [2.24, 2.45) is 0 Å². The minimum Gasteiger partial charge on any atom is -0.502 e. The molecule has 1 N–H and O–H groups in total. The first-order valence-electron chi connectivity index (χ1n) is 4.61. The van der Waals surface area contributed by atoms with Gasteiger partial charge in [-0.05, 0) is 26.0 Å². The summed E-state index contributed by atoms with van der Waals surface area (Å²) in [7, 11) is 1.45. The predicted octanol–water partition coefficient (Wildman–Crippen LogP) is 1.75. The van der Waals surface area contributed by atoms with Crippen LogP contribution in [0.15, 0.2) is 12.1 Å². The zero-order chi connectivity index (χ0) is 11.2. The van der Waals surface area contributed by atoms with E-state index in [1.165, 1.54) is 7.11 Å². The Morgan fingerprint density at radius 2 is 2.07 bits per heavy atom. The fourth-order valence-electron chi connectivity index (χ4n) is 1.63. The largest absolute Gasteiger partial charge is 0.502 e. The summed E-state index contributed by atoms with van der Waals surface area (Å²) >= 11 is 0. The van der Waals surface area contributed by atoms with Gasteiger partial charge in [0.05, 0.1) is 12.7 Å². The van der Waals surface area contributed by atoms with Crippen molar-refractivity contribution in [3.63, 3.8) is 0 Å². The van der Waals surface area contributed by atoms with Crippen molar-refractivity contribution in [3.8, 4) is 17.2 Å². The minimum absolute atomic E-state index is 0.117. The minimum atomic E-state index is -0.911. The third-order valence-electron chi connectivity index (χ3n) is 2.46. The number of carbonyl (C=O) groups excluding carboxylic acids is 1. The Balaban J connectivity index is 2.60. The number of phenolic OH excluding ortho intramolecular Hbond substituents is 1. The molecule has 15 heavy (non-hydrogen) atoms. The molecular weight excluding hydrogens is 196 g/mol. The van der Waals surface area contributed by atoms with E-state index in [1.807, 2.05) is 0 Å². The zero-order valence-corrected chi connectivity index (χ0v) is 8.83. The smallest absolute Gasteiger partial charge is 0.209 e. The molecule has 0 radical (unpaired) electrons. The molecule has 1 aromatic rings. The highest BCUT2D eigenvalue weighted by Gasteiger charge is 2.41. The quantitative estimate of drug-likeness (QED) is 0.763. The topological polar surface area (TPSA) is 55.8 Å². The first-order valence-corrected chi connectivity index (χ1v) is 4.61. The zero-order valence-electron chi connectivity index (χ0n) is 8.83. The van der Waals surface area contributed by atoms with Gasteiger partial charge in [-0.15, -0.1) is 0 Å². The molecule has 1 aliphatic rings. The summed E-state index contributed by atoms with van der Waals surface area (Å²) in [5, 5.41) is 9.76. The molecule has 4 heteroatoms. The van der Waals surface area contributed by atoms with Crippen LogP contribution in [-0.2, 0) is 0 Å². The Morgan fingerprint density at radius 1 is 1.40 bits per heavy atom. The van der Waals surface area contributed by atoms with Crippen LogP contribution in [-0.4, -0.2) is 23.6 Å². The van der Waals surface area contributed by atoms with Gasteiger partial charge in [-0.25, -0.2) is 0 Å². The number of aromatic hydroxyl groups is 1. The van der Waals surface area contributed by atoms with Gasteiger partial charge in [0.2, 0.25) is 11.5 Å². The van der Waals surface area contributed by atoms with E-state index in [0.29, 0.717) is 11.3 Å². The third-order valence-corrected chi connectivity index (χ3v) is 2.46. The van der Waals surface area contributed by atoms with Crippen LogP contribution in [0, 0.1) is 0 Å². The summed E-state index contributed by atoms with van der Waals surface area (Å²) in [6, 6.07) is 3.15. The average molecular weight is 208 g/mol. The fourth-order valence-corrected chi connectivity index (χ4v) is 1.63. The molecule has 0 unspecified atom stereocenters. The van der Waals surface area contributed by atoms with Gasteiger partial charge in [0, 0.05) is 0 Å². The molecule has 0 amide bonds. The summed E-state index contributed by atoms with van der Waals surface area (Å²) in [6.07, 6.45) is 0. The number of benzene rings is 1. The van der Waals surface area contributed by atoms with Gasteiger partial charge in [0.15, 0.2) is 17.1 Å². The van der Waals surface area contributed by atoms with Crippen molar-refractivity contribution < 1.29 is 19.4 Å². The second-order valence-electron chi connectivity index (χ2n) is 3.93. The molecule has 0 spiro atoms. The second-order valence-corrected chi connectivity index (χ2v) is 3.93. The van der Waals surface area contributed by atoms with E-state index in [9.17, 15) is 9.90 Å². The van der Waals surface area contributed by atoms with Crippen LogP contribution >= 0.6 is 0 Å². The highest BCUT2D eigenvalue weighted by Crippen LogP contribution is 2.45. The maximum Gasteiger partial charge on any atom is 0.209 e. The molecule has 0 atom stereocenters. The Kier molecular flexibility index (Phi) is 1.89. The Morgan fingerprint density at radius 3 is 2.67 bits per heavy atom. The molecule has 0 aliphatic carbocycles. The van der Waals surface area contributed by atoms with Gasteiger partial charge in [-0.2, -0.15) is 0 Å². The van der Waals surface area contributed by atoms with Crippen LogP contribution in [0.3, 0.4) is 0 Å². The second kappa shape index (κ2) is 2.89. The van der Waals surface area contributed by atoms with Crippen molar-refractivity contribution in [1.29, 1.82) is 0 Å². The van der Waals surface area contributed by atoms with Crippen molar-refractivity contribution in [2.45, 2.75) is 19.4 Å². The maximum absolute atomic E-state index is 11.8. The number of ketones is 1. The lowest BCUT2D eigenvalue weighted by Gasteiger charge is -2.15. The molecule has 2 rings (SSSR count). The number of methoxy groups -OCH3 is 1. The molecule has 1 aliphatic heterocycles. The number of rotatable bonds is 1. The van der Waals surface area contributed by atoms with Crippen LogP contribution in [0.2, 0.25) is 0 Å². The number of Topliss-reactive ketones (excluding diaryl/α,β-unsaturated/α-hetero) is 1. The Hall–Kier alpha value is -1.71. The molecule has 0 bridgehead atoms. The standard InChI is InChI=1S/C11H12O4/c1-11(2)10(13)6-4-5-7(14-3)8(12)9(6)15-11/h4-5,12H,1-3H3. The number of ether oxygens (including phenoxy) is 2. The molecule has 80 valence electrons. The number of phenols is 1. The third kappa shape index (κ3) is 1.25. The average Bonchev–Trinajstić information content (AvgIpc) is 2.41. The van der Waals surface area contributed by atoms with E-state index < -0.39 is 5.60 Å². The van der Waals surface area contributed by atoms with Crippen LogP contribution in [0.5, 0.6) is 17.2 Å². The SMILES string of the molecule is COc1ccc2c(c1O)OC(C)(C)C2=O. The summed E-state index contributed by atoms with van der Waals surface area (Å²) in [5.74, 6) is 0.271. The normalized spacial score (nSPS) is 17.1. The van der Waals surface area contributed by atoms with Gasteiger partial charge in [0.25, 0.3) is 0 Å².